The molecule has 0 bridgehead atoms. The Bertz CT molecular complexity index is 442. The predicted molar refractivity (Wildman–Crippen MR) is 66.2 cm³/mol. The molecule has 1 fully saturated rings. The van der Waals surface area contributed by atoms with Crippen molar-refractivity contribution in [3.8, 4) is 0 Å². The van der Waals surface area contributed by atoms with Crippen LogP contribution in [0.15, 0.2) is 18.5 Å². The first-order valence-electron chi connectivity index (χ1n) is 5.95. The smallest absolute Gasteiger partial charge is 0.329 e. The number of carboxylic acid groups (broad SMARTS) is 1. The largest absolute Gasteiger partial charge is 0.480 e. The molecule has 1 aliphatic rings. The Labute approximate surface area is 106 Å². The lowest BCUT2D eigenvalue weighted by Crippen LogP contribution is -2.61. The van der Waals surface area contributed by atoms with Crippen LogP contribution in [-0.4, -0.2) is 46.3 Å². The van der Waals surface area contributed by atoms with E-state index in [9.17, 15) is 4.79 Å². The van der Waals surface area contributed by atoms with Crippen molar-refractivity contribution in [3.63, 3.8) is 0 Å². The maximum atomic E-state index is 10.4. The van der Waals surface area contributed by atoms with Crippen molar-refractivity contribution < 1.29 is 14.6 Å². The highest BCUT2D eigenvalue weighted by Gasteiger charge is 2.39. The van der Waals surface area contributed by atoms with Crippen LogP contribution in [0.4, 0.5) is 0 Å². The van der Waals surface area contributed by atoms with Crippen molar-refractivity contribution in [2.45, 2.75) is 26.0 Å². The molecule has 1 saturated heterocycles. The molecule has 0 saturated carbocycles. The van der Waals surface area contributed by atoms with Gasteiger partial charge in [0.25, 0.3) is 0 Å². The molecule has 18 heavy (non-hydrogen) atoms. The molecular formula is C13H18N2O3. The van der Waals surface area contributed by atoms with E-state index in [1.165, 1.54) is 5.56 Å². The van der Waals surface area contributed by atoms with Crippen molar-refractivity contribution in [1.82, 2.24) is 9.88 Å². The Morgan fingerprint density at radius 2 is 2.28 bits per heavy atom. The summed E-state index contributed by atoms with van der Waals surface area (Å²) in [6.45, 7) is 6.09. The number of pyridine rings is 1. The van der Waals surface area contributed by atoms with Crippen LogP contribution in [0, 0.1) is 6.92 Å². The van der Waals surface area contributed by atoms with Crippen molar-refractivity contribution in [3.05, 3.63) is 29.6 Å². The van der Waals surface area contributed by atoms with E-state index >= 15 is 0 Å². The summed E-state index contributed by atoms with van der Waals surface area (Å²) in [6, 6.07) is 2.11. The molecule has 5 heteroatoms. The molecule has 1 aromatic heterocycles. The van der Waals surface area contributed by atoms with Gasteiger partial charge in [0.2, 0.25) is 0 Å². The molecule has 2 rings (SSSR count). The SMILES string of the molecule is Cc1cncc(CN2CC(C)(OCC(=O)O)C2)c1. The minimum absolute atomic E-state index is 0.226. The third-order valence-corrected chi connectivity index (χ3v) is 3.00. The van der Waals surface area contributed by atoms with Gasteiger partial charge in [-0.3, -0.25) is 9.88 Å². The fourth-order valence-electron chi connectivity index (χ4n) is 2.30. The van der Waals surface area contributed by atoms with E-state index < -0.39 is 5.97 Å². The average molecular weight is 250 g/mol. The summed E-state index contributed by atoms with van der Waals surface area (Å²) in [5.74, 6) is -0.919. The molecular weight excluding hydrogens is 232 g/mol. The maximum absolute atomic E-state index is 10.4. The molecule has 1 aliphatic heterocycles. The van der Waals surface area contributed by atoms with Crippen LogP contribution >= 0.6 is 0 Å². The number of carbonyl (C=O) groups is 1. The zero-order valence-electron chi connectivity index (χ0n) is 10.7. The number of likely N-dealkylation sites (tertiary alicyclic amines) is 1. The number of carboxylic acids is 1. The summed E-state index contributed by atoms with van der Waals surface area (Å²) in [4.78, 5) is 16.8. The van der Waals surface area contributed by atoms with Gasteiger partial charge in [0.15, 0.2) is 0 Å². The number of nitrogens with zero attached hydrogens (tertiary/aromatic N) is 2. The van der Waals surface area contributed by atoms with Gasteiger partial charge in [-0.2, -0.15) is 0 Å². The van der Waals surface area contributed by atoms with Gasteiger partial charge in [-0.25, -0.2) is 4.79 Å². The van der Waals surface area contributed by atoms with Crippen LogP contribution in [0.1, 0.15) is 18.1 Å². The van der Waals surface area contributed by atoms with Gasteiger partial charge in [0.05, 0.1) is 5.60 Å². The Kier molecular flexibility index (Phi) is 3.63. The topological polar surface area (TPSA) is 62.7 Å². The molecule has 0 aromatic carbocycles. The fraction of sp³-hybridized carbons (Fsp3) is 0.538. The Hall–Kier alpha value is -1.46. The van der Waals surface area contributed by atoms with Crippen LogP contribution in [-0.2, 0) is 16.1 Å². The molecule has 0 aliphatic carbocycles. The highest BCUT2D eigenvalue weighted by atomic mass is 16.5. The first kappa shape index (κ1) is 13.0. The quantitative estimate of drug-likeness (QED) is 0.846. The molecule has 1 aromatic rings. The Morgan fingerprint density at radius 3 is 2.89 bits per heavy atom. The number of aryl methyl sites for hydroxylation is 1. The van der Waals surface area contributed by atoms with Crippen molar-refractivity contribution in [1.29, 1.82) is 0 Å². The second-order valence-corrected chi connectivity index (χ2v) is 5.15. The summed E-state index contributed by atoms with van der Waals surface area (Å²) in [5.41, 5.74) is 2.00. The van der Waals surface area contributed by atoms with Crippen LogP contribution in [0.5, 0.6) is 0 Å². The van der Waals surface area contributed by atoms with Crippen molar-refractivity contribution >= 4 is 5.97 Å². The summed E-state index contributed by atoms with van der Waals surface area (Å²) in [6.07, 6.45) is 3.69. The van der Waals surface area contributed by atoms with Gasteiger partial charge in [0.1, 0.15) is 6.61 Å². The molecule has 98 valence electrons. The van der Waals surface area contributed by atoms with Gasteiger partial charge in [-0.1, -0.05) is 6.07 Å². The molecule has 5 nitrogen and oxygen atoms in total. The standard InChI is InChI=1S/C13H18N2O3/c1-10-3-11(5-14-4-10)6-15-8-13(2,9-15)18-7-12(16)17/h3-5H,6-9H2,1-2H3,(H,16,17). The lowest BCUT2D eigenvalue weighted by Gasteiger charge is -2.47. The lowest BCUT2D eigenvalue weighted by atomic mass is 9.95. The predicted octanol–water partition coefficient (Wildman–Crippen LogP) is 1.07. The maximum Gasteiger partial charge on any atom is 0.329 e. The number of ether oxygens (including phenoxy) is 1. The van der Waals surface area contributed by atoms with Crippen molar-refractivity contribution in [2.75, 3.05) is 19.7 Å². The molecule has 0 amide bonds. The van der Waals surface area contributed by atoms with Gasteiger partial charge in [-0.15, -0.1) is 0 Å². The molecule has 0 spiro atoms. The number of hydrogen-bond acceptors (Lipinski definition) is 4. The van der Waals surface area contributed by atoms with Crippen LogP contribution < -0.4 is 0 Å². The monoisotopic (exact) mass is 250 g/mol. The number of aliphatic carboxylic acids is 1. The number of hydrogen-bond donors (Lipinski definition) is 1. The molecule has 0 unspecified atom stereocenters. The zero-order chi connectivity index (χ0) is 13.2. The molecule has 1 N–H and O–H groups in total. The second kappa shape index (κ2) is 5.04. The first-order valence-corrected chi connectivity index (χ1v) is 5.95. The van der Waals surface area contributed by atoms with Crippen molar-refractivity contribution in [2.24, 2.45) is 0 Å². The Balaban J connectivity index is 1.80. The average Bonchev–Trinajstić information content (AvgIpc) is 2.24. The van der Waals surface area contributed by atoms with Gasteiger partial charge in [-0.05, 0) is 25.0 Å². The highest BCUT2D eigenvalue weighted by Crippen LogP contribution is 2.26. The first-order chi connectivity index (χ1) is 8.47. The van der Waals surface area contributed by atoms with E-state index in [-0.39, 0.29) is 12.2 Å². The minimum Gasteiger partial charge on any atom is -0.480 e. The number of rotatable bonds is 5. The van der Waals surface area contributed by atoms with Crippen LogP contribution in [0.3, 0.4) is 0 Å². The summed E-state index contributed by atoms with van der Waals surface area (Å²) < 4.78 is 5.36. The lowest BCUT2D eigenvalue weighted by molar-refractivity contribution is -0.165. The third-order valence-electron chi connectivity index (χ3n) is 3.00. The summed E-state index contributed by atoms with van der Waals surface area (Å²) in [5, 5.41) is 8.58. The Morgan fingerprint density at radius 1 is 1.56 bits per heavy atom. The highest BCUT2D eigenvalue weighted by molar-refractivity contribution is 5.68. The van der Waals surface area contributed by atoms with E-state index in [1.807, 2.05) is 26.2 Å². The zero-order valence-corrected chi connectivity index (χ0v) is 10.7. The minimum atomic E-state index is -0.919. The summed E-state index contributed by atoms with van der Waals surface area (Å²) in [7, 11) is 0. The van der Waals surface area contributed by atoms with Crippen LogP contribution in [0.25, 0.3) is 0 Å². The van der Waals surface area contributed by atoms with Gasteiger partial charge >= 0.3 is 5.97 Å². The molecule has 0 atom stereocenters. The van der Waals surface area contributed by atoms with Gasteiger partial charge in [0, 0.05) is 32.0 Å². The fourth-order valence-corrected chi connectivity index (χ4v) is 2.30. The van der Waals surface area contributed by atoms with E-state index in [1.54, 1.807) is 0 Å². The van der Waals surface area contributed by atoms with Crippen LogP contribution in [0.2, 0.25) is 0 Å². The molecule has 0 radical (unpaired) electrons. The van der Waals surface area contributed by atoms with E-state index in [2.05, 4.69) is 16.0 Å². The van der Waals surface area contributed by atoms with Gasteiger partial charge < -0.3 is 9.84 Å². The normalized spacial score (nSPS) is 18.3. The van der Waals surface area contributed by atoms with E-state index in [0.29, 0.717) is 0 Å². The summed E-state index contributed by atoms with van der Waals surface area (Å²) >= 11 is 0. The molecule has 2 heterocycles. The number of aromatic nitrogens is 1. The van der Waals surface area contributed by atoms with E-state index in [0.717, 1.165) is 25.2 Å². The van der Waals surface area contributed by atoms with E-state index in [4.69, 9.17) is 9.84 Å². The second-order valence-electron chi connectivity index (χ2n) is 5.15. The third kappa shape index (κ3) is 3.27.